The van der Waals surface area contributed by atoms with Crippen LogP contribution < -0.4 is 5.43 Å². The molecule has 0 aromatic carbocycles. The Morgan fingerprint density at radius 1 is 1.44 bits per heavy atom. The molecule has 0 amide bonds. The molecule has 0 aromatic heterocycles. The molecule has 0 aliphatic carbocycles. The van der Waals surface area contributed by atoms with Crippen LogP contribution in [0.15, 0.2) is 12.3 Å². The zero-order valence-electron chi connectivity index (χ0n) is 6.52. The number of hydrogen-bond donors (Lipinski definition) is 1. The van der Waals surface area contributed by atoms with E-state index < -0.39 is 0 Å². The van der Waals surface area contributed by atoms with E-state index >= 15 is 0 Å². The average molecular weight is 128 g/mol. The third-order valence-corrected chi connectivity index (χ3v) is 0.906. The van der Waals surface area contributed by atoms with Gasteiger partial charge in [0.1, 0.15) is 0 Å². The quantitative estimate of drug-likeness (QED) is 0.575. The van der Waals surface area contributed by atoms with Crippen molar-refractivity contribution in [2.24, 2.45) is 0 Å². The van der Waals surface area contributed by atoms with Crippen LogP contribution in [0.5, 0.6) is 0 Å². The number of hydrazine groups is 1. The largest absolute Gasteiger partial charge is 0.327 e. The maximum atomic E-state index is 3.03. The van der Waals surface area contributed by atoms with E-state index in [1.807, 2.05) is 25.3 Å². The lowest BCUT2D eigenvalue weighted by molar-refractivity contribution is 0.342. The fraction of sp³-hybridized carbons (Fsp3) is 0.714. The van der Waals surface area contributed by atoms with E-state index in [9.17, 15) is 0 Å². The highest BCUT2D eigenvalue weighted by atomic mass is 15.5. The number of nitrogens with zero attached hydrogens (tertiary/aromatic N) is 1. The fourth-order valence-corrected chi connectivity index (χ4v) is 0.452. The number of nitrogens with one attached hydrogen (secondary N) is 1. The van der Waals surface area contributed by atoms with Crippen LogP contribution in [0.1, 0.15) is 19.8 Å². The Bertz CT molecular complexity index is 77.0. The summed E-state index contributed by atoms with van der Waals surface area (Å²) >= 11 is 0. The number of hydrogen-bond acceptors (Lipinski definition) is 2. The van der Waals surface area contributed by atoms with Crippen molar-refractivity contribution in [2.75, 3.05) is 14.1 Å². The van der Waals surface area contributed by atoms with E-state index in [4.69, 9.17) is 0 Å². The maximum absolute atomic E-state index is 3.03. The van der Waals surface area contributed by atoms with E-state index in [0.717, 1.165) is 6.42 Å². The molecule has 0 saturated carbocycles. The molecule has 0 atom stereocenters. The van der Waals surface area contributed by atoms with Crippen LogP contribution in [0.25, 0.3) is 0 Å². The van der Waals surface area contributed by atoms with Crippen LogP contribution in [-0.2, 0) is 0 Å². The molecule has 2 nitrogen and oxygen atoms in total. The summed E-state index contributed by atoms with van der Waals surface area (Å²) in [6.07, 6.45) is 6.45. The number of unbranched alkanes of at least 4 members (excludes halogenated alkanes) is 1. The van der Waals surface area contributed by atoms with E-state index in [0.29, 0.717) is 0 Å². The van der Waals surface area contributed by atoms with Gasteiger partial charge in [-0.15, -0.1) is 0 Å². The highest BCUT2D eigenvalue weighted by molar-refractivity contribution is 4.76. The van der Waals surface area contributed by atoms with Crippen molar-refractivity contribution in [3.63, 3.8) is 0 Å². The molecule has 0 unspecified atom stereocenters. The van der Waals surface area contributed by atoms with Gasteiger partial charge in [0, 0.05) is 20.3 Å². The first-order valence-electron chi connectivity index (χ1n) is 3.36. The molecule has 0 aliphatic heterocycles. The Kier molecular flexibility index (Phi) is 5.32. The molecule has 0 aliphatic rings. The van der Waals surface area contributed by atoms with Gasteiger partial charge >= 0.3 is 0 Å². The molecule has 0 spiro atoms. The molecule has 0 aromatic rings. The first kappa shape index (κ1) is 8.50. The summed E-state index contributed by atoms with van der Waals surface area (Å²) in [6, 6.07) is 0. The van der Waals surface area contributed by atoms with Crippen molar-refractivity contribution in [2.45, 2.75) is 19.8 Å². The van der Waals surface area contributed by atoms with Crippen LogP contribution in [-0.4, -0.2) is 19.1 Å². The molecular formula is C7H16N2. The summed E-state index contributed by atoms with van der Waals surface area (Å²) in [4.78, 5) is 0. The maximum Gasteiger partial charge on any atom is 0.00874 e. The second-order valence-corrected chi connectivity index (χ2v) is 2.21. The van der Waals surface area contributed by atoms with E-state index in [2.05, 4.69) is 18.4 Å². The van der Waals surface area contributed by atoms with Crippen LogP contribution in [0.3, 0.4) is 0 Å². The first-order chi connectivity index (χ1) is 4.27. The van der Waals surface area contributed by atoms with Crippen molar-refractivity contribution in [3.05, 3.63) is 12.3 Å². The van der Waals surface area contributed by atoms with Gasteiger partial charge in [0.15, 0.2) is 0 Å². The van der Waals surface area contributed by atoms with E-state index in [-0.39, 0.29) is 0 Å². The van der Waals surface area contributed by atoms with Crippen molar-refractivity contribution in [1.82, 2.24) is 10.4 Å². The number of rotatable bonds is 4. The lowest BCUT2D eigenvalue weighted by Gasteiger charge is -2.07. The van der Waals surface area contributed by atoms with Gasteiger partial charge in [-0.1, -0.05) is 19.4 Å². The predicted octanol–water partition coefficient (Wildman–Crippen LogP) is 1.37. The third-order valence-electron chi connectivity index (χ3n) is 0.906. The monoisotopic (exact) mass is 128 g/mol. The Morgan fingerprint density at radius 2 is 2.11 bits per heavy atom. The van der Waals surface area contributed by atoms with Gasteiger partial charge < -0.3 is 5.43 Å². The van der Waals surface area contributed by atoms with Crippen molar-refractivity contribution in [3.8, 4) is 0 Å². The number of allylic oxidation sites excluding steroid dienone is 1. The lowest BCUT2D eigenvalue weighted by Crippen LogP contribution is -2.24. The van der Waals surface area contributed by atoms with Crippen molar-refractivity contribution < 1.29 is 0 Å². The van der Waals surface area contributed by atoms with Gasteiger partial charge in [-0.25, -0.2) is 5.01 Å². The van der Waals surface area contributed by atoms with Crippen LogP contribution in [0.4, 0.5) is 0 Å². The van der Waals surface area contributed by atoms with Gasteiger partial charge in [-0.2, -0.15) is 0 Å². The highest BCUT2D eigenvalue weighted by Gasteiger charge is 1.76. The summed E-state index contributed by atoms with van der Waals surface area (Å²) in [5, 5.41) is 1.91. The van der Waals surface area contributed by atoms with Gasteiger partial charge in [-0.3, -0.25) is 0 Å². The van der Waals surface area contributed by atoms with Crippen LogP contribution in [0, 0.1) is 0 Å². The molecule has 54 valence electrons. The minimum atomic E-state index is 1.15. The third kappa shape index (κ3) is 7.50. The topological polar surface area (TPSA) is 15.3 Å². The molecule has 9 heavy (non-hydrogen) atoms. The molecule has 1 N–H and O–H groups in total. The zero-order valence-corrected chi connectivity index (χ0v) is 6.52. The molecular weight excluding hydrogens is 112 g/mol. The summed E-state index contributed by atoms with van der Waals surface area (Å²) < 4.78 is 0. The lowest BCUT2D eigenvalue weighted by atomic mass is 10.3. The zero-order chi connectivity index (χ0) is 7.11. The average Bonchev–Trinajstić information content (AvgIpc) is 1.80. The van der Waals surface area contributed by atoms with Crippen molar-refractivity contribution >= 4 is 0 Å². The summed E-state index contributed by atoms with van der Waals surface area (Å²) in [7, 11) is 3.94. The summed E-state index contributed by atoms with van der Waals surface area (Å²) in [6.45, 7) is 2.17. The fourth-order valence-electron chi connectivity index (χ4n) is 0.452. The molecule has 0 rings (SSSR count). The van der Waals surface area contributed by atoms with Gasteiger partial charge in [-0.05, 0) is 6.42 Å². The van der Waals surface area contributed by atoms with E-state index in [1.54, 1.807) is 0 Å². The molecule has 0 heterocycles. The Morgan fingerprint density at radius 3 is 2.56 bits per heavy atom. The minimum absolute atomic E-state index is 1.15. The molecule has 0 saturated heterocycles. The molecule has 0 radical (unpaired) electrons. The second kappa shape index (κ2) is 5.63. The summed E-state index contributed by atoms with van der Waals surface area (Å²) in [5.74, 6) is 0. The molecule has 2 heteroatoms. The smallest absolute Gasteiger partial charge is 0.00874 e. The van der Waals surface area contributed by atoms with Crippen molar-refractivity contribution in [1.29, 1.82) is 0 Å². The van der Waals surface area contributed by atoms with E-state index in [1.165, 1.54) is 6.42 Å². The Hall–Kier alpha value is -0.500. The Labute approximate surface area is 57.5 Å². The predicted molar refractivity (Wildman–Crippen MR) is 40.9 cm³/mol. The van der Waals surface area contributed by atoms with Gasteiger partial charge in [0.25, 0.3) is 0 Å². The second-order valence-electron chi connectivity index (χ2n) is 2.21. The SMILES string of the molecule is CCC/C=C\NN(C)C. The van der Waals surface area contributed by atoms with Gasteiger partial charge in [0.2, 0.25) is 0 Å². The van der Waals surface area contributed by atoms with Crippen LogP contribution >= 0.6 is 0 Å². The molecule has 0 bridgehead atoms. The first-order valence-corrected chi connectivity index (χ1v) is 3.36. The highest BCUT2D eigenvalue weighted by Crippen LogP contribution is 1.85. The summed E-state index contributed by atoms with van der Waals surface area (Å²) in [5.41, 5.74) is 3.03. The van der Waals surface area contributed by atoms with Crippen LogP contribution in [0.2, 0.25) is 0 Å². The van der Waals surface area contributed by atoms with Gasteiger partial charge in [0.05, 0.1) is 0 Å². The molecule has 0 fully saturated rings. The minimum Gasteiger partial charge on any atom is -0.327 e. The Balaban J connectivity index is 3.04. The standard InChI is InChI=1S/C7H16N2/c1-4-5-6-7-8-9(2)3/h6-8H,4-5H2,1-3H3/b7-6-. The normalized spacial score (nSPS) is 11.1.